The average molecular weight is 570 g/mol. The maximum absolute atomic E-state index is 13.0. The van der Waals surface area contributed by atoms with E-state index in [2.05, 4.69) is 60.9 Å². The van der Waals surface area contributed by atoms with E-state index in [0.717, 1.165) is 29.9 Å². The molecule has 43 heavy (non-hydrogen) atoms. The number of nitrogens with zero attached hydrogens (tertiary/aromatic N) is 5. The van der Waals surface area contributed by atoms with Crippen molar-refractivity contribution in [3.8, 4) is 11.8 Å². The third-order valence-corrected chi connectivity index (χ3v) is 5.35. The molecule has 0 saturated heterocycles. The number of benzene rings is 2. The summed E-state index contributed by atoms with van der Waals surface area (Å²) in [5.74, 6) is 0.364. The maximum atomic E-state index is 13.0. The number of phenolic OH excluding ortho intramolecular Hbond substituents is 1. The normalized spacial score (nSPS) is 9.42. The average Bonchev–Trinajstić information content (AvgIpc) is 2.99. The van der Waals surface area contributed by atoms with Gasteiger partial charge in [-0.3, -0.25) is 11.2 Å². The Kier molecular flexibility index (Phi) is 23.5. The monoisotopic (exact) mass is 569 g/mol. The molecule has 0 aliphatic carbocycles. The minimum absolute atomic E-state index is 0. The summed E-state index contributed by atoms with van der Waals surface area (Å²) in [6, 6.07) is 14.2. The first-order valence-corrected chi connectivity index (χ1v) is 12.7. The van der Waals surface area contributed by atoms with Crippen molar-refractivity contribution in [2.24, 2.45) is 0 Å². The predicted molar refractivity (Wildman–Crippen MR) is 166 cm³/mol. The van der Waals surface area contributed by atoms with Crippen LogP contribution in [0.3, 0.4) is 0 Å². The van der Waals surface area contributed by atoms with Crippen molar-refractivity contribution >= 4 is 40.4 Å². The van der Waals surface area contributed by atoms with Crippen molar-refractivity contribution in [1.29, 1.82) is 5.26 Å². The number of aromatic hydroxyl groups is 1. The molecule has 0 unspecified atom stereocenters. The van der Waals surface area contributed by atoms with E-state index < -0.39 is 5.91 Å². The molecule has 220 valence electrons. The third-order valence-electron chi connectivity index (χ3n) is 5.35. The number of phenols is 1. The Morgan fingerprint density at radius 3 is 2.33 bits per heavy atom. The second kappa shape index (κ2) is 24.2. The predicted octanol–water partition coefficient (Wildman–Crippen LogP) is -1.53. The molecule has 0 aliphatic heterocycles. The molecule has 0 bridgehead atoms. The number of carbonyl (C=O) groups excluding carboxylic acids is 2. The van der Waals surface area contributed by atoms with Gasteiger partial charge in [0.05, 0.1) is 5.69 Å². The number of carbonyl (C=O) groups is 1. The summed E-state index contributed by atoms with van der Waals surface area (Å²) in [7, 11) is 1.99. The van der Waals surface area contributed by atoms with E-state index in [9.17, 15) is 9.90 Å². The molecule has 1 aromatic heterocycles. The van der Waals surface area contributed by atoms with Gasteiger partial charge in [-0.15, -0.1) is 32.7 Å². The summed E-state index contributed by atoms with van der Waals surface area (Å²) in [6.07, 6.45) is 4.61. The van der Waals surface area contributed by atoms with Gasteiger partial charge in [0.2, 0.25) is 5.95 Å². The molecule has 0 aliphatic rings. The van der Waals surface area contributed by atoms with Crippen molar-refractivity contribution < 1.29 is 52.4 Å². The van der Waals surface area contributed by atoms with E-state index >= 15 is 0 Å². The van der Waals surface area contributed by atoms with Gasteiger partial charge in [-0.25, -0.2) is 22.9 Å². The van der Waals surface area contributed by atoms with Crippen molar-refractivity contribution in [2.45, 2.75) is 6.42 Å². The number of hydrogen-bond acceptors (Lipinski definition) is 9. The van der Waals surface area contributed by atoms with Gasteiger partial charge >= 0.3 is 37.7 Å². The number of allylic oxidation sites excluding steroid dienone is 1. The van der Waals surface area contributed by atoms with E-state index in [1.165, 1.54) is 12.4 Å². The van der Waals surface area contributed by atoms with Gasteiger partial charge in [-0.1, -0.05) is 30.7 Å². The zero-order valence-corrected chi connectivity index (χ0v) is 25.5. The number of unbranched alkanes of at least 4 members (excludes halogenated alkanes) is 1. The number of fused-ring (bicyclic) bond motifs is 1. The molecular weight excluding hydrogens is 532 g/mol. The quantitative estimate of drug-likeness (QED) is 0.103. The van der Waals surface area contributed by atoms with E-state index in [0.29, 0.717) is 37.6 Å². The molecule has 10 nitrogen and oxygen atoms in total. The molecule has 12 heteroatoms. The van der Waals surface area contributed by atoms with Crippen molar-refractivity contribution in [3.05, 3.63) is 94.9 Å². The Labute approximate surface area is 280 Å². The standard InChI is InChI=1S/C23H23N6O2.C5H11N.C3H3O.2Li/c1-3-25-23-27-20(15-21(28-23)29(4-2)12-8-7-11-24)22(31)26-19-14-17(30)13-16-9-5-6-10-18(16)19;1-4-6(3)5-2;1-2-3-4;;/h5-6,8-10,13-15,30H,1-4,7,12H2,(H,26,31)(H,25,27,28);1-2,4-5H2,3H3;2H,1H2;;/q-3;-2;-1;2*+1. The van der Waals surface area contributed by atoms with Crippen LogP contribution in [0.4, 0.5) is 17.5 Å². The zero-order valence-electron chi connectivity index (χ0n) is 25.5. The van der Waals surface area contributed by atoms with E-state index in [1.54, 1.807) is 18.6 Å². The number of nitrogens with one attached hydrogen (secondary N) is 2. The van der Waals surface area contributed by atoms with Gasteiger partial charge in [0.15, 0.2) is 0 Å². The Morgan fingerprint density at radius 1 is 1.14 bits per heavy atom. The fraction of sp³-hybridized carbons (Fsp3) is 0.226. The summed E-state index contributed by atoms with van der Waals surface area (Å²) >= 11 is 0. The SMILES string of the molecule is C=C[C-]=O.[CH2-]CN(C)C[CH2-].[CH2-]CNc1nc(C(=O)Nc2cc(O)cc3ccccc23)cc(N(C[CH2-])C[CH-]CC#N)n1.[Li+].[Li+]. The van der Waals surface area contributed by atoms with E-state index in [4.69, 9.17) is 10.1 Å². The smallest absolute Gasteiger partial charge is 0.508 e. The Balaban J connectivity index is 0. The molecule has 3 N–H and O–H groups in total. The molecule has 0 spiro atoms. The summed E-state index contributed by atoms with van der Waals surface area (Å²) in [4.78, 5) is 34.5. The number of aromatic nitrogens is 2. The van der Waals surface area contributed by atoms with E-state index in [-0.39, 0.29) is 55.1 Å². The van der Waals surface area contributed by atoms with Crippen LogP contribution in [-0.4, -0.2) is 71.9 Å². The van der Waals surface area contributed by atoms with Crippen LogP contribution in [0, 0.1) is 45.4 Å². The largest absolute Gasteiger partial charge is 1.00 e. The van der Waals surface area contributed by atoms with Gasteiger partial charge in [-0.05, 0) is 24.8 Å². The topological polar surface area (TPSA) is 134 Å². The maximum Gasteiger partial charge on any atom is 1.00 e. The first-order valence-electron chi connectivity index (χ1n) is 12.7. The Bertz CT molecular complexity index is 1290. The fourth-order valence-corrected chi connectivity index (χ4v) is 3.18. The van der Waals surface area contributed by atoms with Crippen LogP contribution < -0.4 is 53.3 Å². The number of anilines is 3. The Morgan fingerprint density at radius 2 is 1.79 bits per heavy atom. The first-order chi connectivity index (χ1) is 19.8. The molecular formula is C31H37Li2N7O3-4. The molecule has 0 fully saturated rings. The third kappa shape index (κ3) is 15.1. The van der Waals surface area contributed by atoms with Crippen molar-refractivity contribution in [3.63, 3.8) is 0 Å². The van der Waals surface area contributed by atoms with Crippen LogP contribution in [0.2, 0.25) is 0 Å². The Hall–Kier alpha value is -3.30. The van der Waals surface area contributed by atoms with Gasteiger partial charge in [0, 0.05) is 23.6 Å². The van der Waals surface area contributed by atoms with Crippen molar-refractivity contribution in [2.75, 3.05) is 55.3 Å². The van der Waals surface area contributed by atoms with Crippen LogP contribution in [0.1, 0.15) is 16.9 Å². The minimum atomic E-state index is -0.448. The summed E-state index contributed by atoms with van der Waals surface area (Å²) < 4.78 is 0. The number of nitriles is 1. The molecule has 3 aromatic rings. The second-order valence-corrected chi connectivity index (χ2v) is 8.25. The van der Waals surface area contributed by atoms with Crippen LogP contribution >= 0.6 is 0 Å². The number of rotatable bonds is 12. The van der Waals surface area contributed by atoms with Crippen LogP contribution in [-0.2, 0) is 4.79 Å². The molecule has 2 aromatic carbocycles. The minimum Gasteiger partial charge on any atom is -0.508 e. The van der Waals surface area contributed by atoms with Crippen LogP contribution in [0.25, 0.3) is 10.8 Å². The van der Waals surface area contributed by atoms with Crippen LogP contribution in [0.15, 0.2) is 55.1 Å². The molecule has 3 rings (SSSR count). The van der Waals surface area contributed by atoms with Gasteiger partial charge in [0.1, 0.15) is 17.3 Å². The number of hydrogen-bond donors (Lipinski definition) is 3. The van der Waals surface area contributed by atoms with Crippen molar-refractivity contribution in [1.82, 2.24) is 14.9 Å². The van der Waals surface area contributed by atoms with Crippen LogP contribution in [0.5, 0.6) is 5.75 Å². The molecule has 0 radical (unpaired) electrons. The number of amides is 1. The van der Waals surface area contributed by atoms with E-state index in [1.807, 2.05) is 41.1 Å². The fourth-order valence-electron chi connectivity index (χ4n) is 3.18. The molecule has 1 heterocycles. The second-order valence-electron chi connectivity index (χ2n) is 8.25. The van der Waals surface area contributed by atoms with Gasteiger partial charge in [0.25, 0.3) is 5.91 Å². The first kappa shape index (κ1) is 41.8. The summed E-state index contributed by atoms with van der Waals surface area (Å²) in [5.41, 5.74) is 0.621. The van der Waals surface area contributed by atoms with Gasteiger partial charge in [-0.2, -0.15) is 4.98 Å². The molecule has 0 atom stereocenters. The summed E-state index contributed by atoms with van der Waals surface area (Å²) in [5, 5.41) is 26.1. The molecule has 1 amide bonds. The van der Waals surface area contributed by atoms with Gasteiger partial charge < -0.3 is 58.0 Å². The summed E-state index contributed by atoms with van der Waals surface area (Å²) in [6.45, 7) is 20.9. The molecule has 0 saturated carbocycles. The zero-order chi connectivity index (χ0) is 30.6.